The summed E-state index contributed by atoms with van der Waals surface area (Å²) in [4.78, 5) is 8.17. The third-order valence-electron chi connectivity index (χ3n) is 2.78. The molecule has 0 spiro atoms. The molecule has 0 aliphatic rings. The van der Waals surface area contributed by atoms with Crippen molar-refractivity contribution in [2.75, 3.05) is 5.73 Å². The second-order valence-electron chi connectivity index (χ2n) is 4.29. The SMILES string of the molecule is Nc1cncc(-c2nc(Cc3ccccc3F)no2)c1. The minimum Gasteiger partial charge on any atom is -0.397 e. The Bertz CT molecular complexity index is 741. The topological polar surface area (TPSA) is 77.8 Å². The van der Waals surface area contributed by atoms with Crippen LogP contribution in [0, 0.1) is 5.82 Å². The first kappa shape index (κ1) is 12.3. The summed E-state index contributed by atoms with van der Waals surface area (Å²) in [6, 6.07) is 8.18. The van der Waals surface area contributed by atoms with E-state index in [2.05, 4.69) is 15.1 Å². The van der Waals surface area contributed by atoms with Crippen molar-refractivity contribution in [2.24, 2.45) is 0 Å². The standard InChI is InChI=1S/C14H11FN4O/c15-12-4-2-1-3-9(12)6-13-18-14(20-19-13)10-5-11(16)8-17-7-10/h1-5,7-8H,6,16H2. The van der Waals surface area contributed by atoms with E-state index in [4.69, 9.17) is 10.3 Å². The van der Waals surface area contributed by atoms with Crippen LogP contribution in [-0.4, -0.2) is 15.1 Å². The Hall–Kier alpha value is -2.76. The highest BCUT2D eigenvalue weighted by atomic mass is 19.1. The van der Waals surface area contributed by atoms with Gasteiger partial charge in [-0.05, 0) is 17.7 Å². The Labute approximate surface area is 114 Å². The molecular formula is C14H11FN4O. The highest BCUT2D eigenvalue weighted by Crippen LogP contribution is 2.19. The van der Waals surface area contributed by atoms with Crippen molar-refractivity contribution in [2.45, 2.75) is 6.42 Å². The fourth-order valence-electron chi connectivity index (χ4n) is 1.83. The summed E-state index contributed by atoms with van der Waals surface area (Å²) < 4.78 is 18.7. The summed E-state index contributed by atoms with van der Waals surface area (Å²) in [5, 5.41) is 3.84. The van der Waals surface area contributed by atoms with E-state index in [9.17, 15) is 4.39 Å². The molecule has 0 saturated carbocycles. The summed E-state index contributed by atoms with van der Waals surface area (Å²) in [6.45, 7) is 0. The van der Waals surface area contributed by atoms with Gasteiger partial charge in [-0.15, -0.1) is 0 Å². The predicted octanol–water partition coefficient (Wildman–Crippen LogP) is 2.44. The van der Waals surface area contributed by atoms with Gasteiger partial charge in [0.05, 0.1) is 11.3 Å². The van der Waals surface area contributed by atoms with Gasteiger partial charge in [-0.1, -0.05) is 23.4 Å². The zero-order valence-electron chi connectivity index (χ0n) is 10.5. The number of halogens is 1. The van der Waals surface area contributed by atoms with Crippen LogP contribution in [0.4, 0.5) is 10.1 Å². The van der Waals surface area contributed by atoms with Gasteiger partial charge in [0.2, 0.25) is 0 Å². The van der Waals surface area contributed by atoms with Gasteiger partial charge in [-0.2, -0.15) is 4.98 Å². The van der Waals surface area contributed by atoms with Crippen molar-refractivity contribution in [3.05, 3.63) is 59.9 Å². The van der Waals surface area contributed by atoms with Crippen LogP contribution in [0.3, 0.4) is 0 Å². The molecular weight excluding hydrogens is 259 g/mol. The molecule has 2 N–H and O–H groups in total. The van der Waals surface area contributed by atoms with Crippen LogP contribution in [-0.2, 0) is 6.42 Å². The number of benzene rings is 1. The van der Waals surface area contributed by atoms with E-state index in [-0.39, 0.29) is 12.2 Å². The summed E-state index contributed by atoms with van der Waals surface area (Å²) in [5.41, 5.74) is 7.31. The number of hydrogen-bond acceptors (Lipinski definition) is 5. The number of hydrogen-bond donors (Lipinski definition) is 1. The molecule has 2 heterocycles. The van der Waals surface area contributed by atoms with Crippen LogP contribution >= 0.6 is 0 Å². The van der Waals surface area contributed by atoms with Gasteiger partial charge in [0.15, 0.2) is 5.82 Å². The van der Waals surface area contributed by atoms with Gasteiger partial charge in [0.25, 0.3) is 5.89 Å². The number of aromatic nitrogens is 3. The van der Waals surface area contributed by atoms with Crippen LogP contribution in [0.5, 0.6) is 0 Å². The van der Waals surface area contributed by atoms with E-state index in [1.807, 2.05) is 0 Å². The van der Waals surface area contributed by atoms with Gasteiger partial charge in [-0.25, -0.2) is 4.39 Å². The lowest BCUT2D eigenvalue weighted by Gasteiger charge is -1.97. The van der Waals surface area contributed by atoms with Crippen molar-refractivity contribution >= 4 is 5.69 Å². The first-order chi connectivity index (χ1) is 9.72. The molecule has 0 saturated heterocycles. The molecule has 0 unspecified atom stereocenters. The van der Waals surface area contributed by atoms with Gasteiger partial charge >= 0.3 is 0 Å². The van der Waals surface area contributed by atoms with Crippen LogP contribution < -0.4 is 5.73 Å². The molecule has 5 nitrogen and oxygen atoms in total. The van der Waals surface area contributed by atoms with E-state index < -0.39 is 0 Å². The normalized spacial score (nSPS) is 10.7. The van der Waals surface area contributed by atoms with Crippen molar-refractivity contribution < 1.29 is 8.91 Å². The maximum Gasteiger partial charge on any atom is 0.259 e. The molecule has 2 aromatic heterocycles. The van der Waals surface area contributed by atoms with E-state index in [1.165, 1.54) is 12.3 Å². The van der Waals surface area contributed by atoms with Crippen LogP contribution in [0.25, 0.3) is 11.5 Å². The second kappa shape index (κ2) is 5.08. The quantitative estimate of drug-likeness (QED) is 0.790. The van der Waals surface area contributed by atoms with Crippen molar-refractivity contribution in [3.8, 4) is 11.5 Å². The Morgan fingerprint density at radius 1 is 1.20 bits per heavy atom. The maximum absolute atomic E-state index is 13.5. The molecule has 6 heteroatoms. The molecule has 20 heavy (non-hydrogen) atoms. The molecule has 1 aromatic carbocycles. The van der Waals surface area contributed by atoms with Gasteiger partial charge in [0.1, 0.15) is 5.82 Å². The fraction of sp³-hybridized carbons (Fsp3) is 0.0714. The number of pyridine rings is 1. The zero-order valence-corrected chi connectivity index (χ0v) is 10.5. The smallest absolute Gasteiger partial charge is 0.259 e. The molecule has 0 fully saturated rings. The third-order valence-corrected chi connectivity index (χ3v) is 2.78. The van der Waals surface area contributed by atoms with E-state index >= 15 is 0 Å². The summed E-state index contributed by atoms with van der Waals surface area (Å²) in [5.74, 6) is 0.438. The average Bonchev–Trinajstić information content (AvgIpc) is 2.90. The average molecular weight is 270 g/mol. The summed E-state index contributed by atoms with van der Waals surface area (Å²) in [6.07, 6.45) is 3.38. The largest absolute Gasteiger partial charge is 0.397 e. The van der Waals surface area contributed by atoms with Crippen molar-refractivity contribution in [3.63, 3.8) is 0 Å². The van der Waals surface area contributed by atoms with Crippen molar-refractivity contribution in [1.82, 2.24) is 15.1 Å². The Morgan fingerprint density at radius 2 is 2.05 bits per heavy atom. The first-order valence-corrected chi connectivity index (χ1v) is 5.99. The third kappa shape index (κ3) is 2.49. The van der Waals surface area contributed by atoms with Crippen LogP contribution in [0.15, 0.2) is 47.2 Å². The Morgan fingerprint density at radius 3 is 2.85 bits per heavy atom. The lowest BCUT2D eigenvalue weighted by Crippen LogP contribution is -1.94. The number of nitrogens with zero attached hydrogens (tertiary/aromatic N) is 3. The zero-order chi connectivity index (χ0) is 13.9. The minimum atomic E-state index is -0.288. The molecule has 0 aliphatic heterocycles. The summed E-state index contributed by atoms with van der Waals surface area (Å²) in [7, 11) is 0. The Balaban J connectivity index is 1.86. The van der Waals surface area contributed by atoms with Gasteiger partial charge in [-0.3, -0.25) is 4.98 Å². The van der Waals surface area contributed by atoms with E-state index in [0.717, 1.165) is 0 Å². The number of rotatable bonds is 3. The monoisotopic (exact) mass is 270 g/mol. The van der Waals surface area contributed by atoms with E-state index in [1.54, 1.807) is 30.5 Å². The number of anilines is 1. The van der Waals surface area contributed by atoms with Crippen LogP contribution in [0.1, 0.15) is 11.4 Å². The second-order valence-corrected chi connectivity index (χ2v) is 4.29. The lowest BCUT2D eigenvalue weighted by atomic mass is 10.1. The van der Waals surface area contributed by atoms with E-state index in [0.29, 0.717) is 28.5 Å². The van der Waals surface area contributed by atoms with Crippen LogP contribution in [0.2, 0.25) is 0 Å². The molecule has 3 rings (SSSR count). The molecule has 0 amide bonds. The molecule has 100 valence electrons. The highest BCUT2D eigenvalue weighted by Gasteiger charge is 2.11. The molecule has 3 aromatic rings. The predicted molar refractivity (Wildman–Crippen MR) is 71.1 cm³/mol. The van der Waals surface area contributed by atoms with Gasteiger partial charge < -0.3 is 10.3 Å². The number of nitrogen functional groups attached to an aromatic ring is 1. The molecule has 0 atom stereocenters. The van der Waals surface area contributed by atoms with Crippen molar-refractivity contribution in [1.29, 1.82) is 0 Å². The van der Waals surface area contributed by atoms with Gasteiger partial charge in [0, 0.05) is 18.8 Å². The maximum atomic E-state index is 13.5. The Kier molecular flexibility index (Phi) is 3.12. The molecule has 0 aliphatic carbocycles. The molecule has 0 bridgehead atoms. The minimum absolute atomic E-state index is 0.270. The fourth-order valence-corrected chi connectivity index (χ4v) is 1.83. The summed E-state index contributed by atoms with van der Waals surface area (Å²) >= 11 is 0. The number of nitrogens with two attached hydrogens (primary N) is 1. The first-order valence-electron chi connectivity index (χ1n) is 5.99. The molecule has 0 radical (unpaired) electrons. The lowest BCUT2D eigenvalue weighted by molar-refractivity contribution is 0.423. The highest BCUT2D eigenvalue weighted by molar-refractivity contribution is 5.57.